The van der Waals surface area contributed by atoms with E-state index in [0.717, 1.165) is 10.2 Å². The summed E-state index contributed by atoms with van der Waals surface area (Å²) in [6.45, 7) is 3.76. The van der Waals surface area contributed by atoms with Gasteiger partial charge < -0.3 is 10.4 Å². The fourth-order valence-corrected chi connectivity index (χ4v) is 1.50. The zero-order valence-electron chi connectivity index (χ0n) is 8.70. The van der Waals surface area contributed by atoms with Crippen molar-refractivity contribution in [2.45, 2.75) is 19.9 Å². The molecule has 1 atom stereocenters. The molecule has 1 aromatic carbocycles. The van der Waals surface area contributed by atoms with Gasteiger partial charge in [0.05, 0.1) is 0 Å². The molecule has 0 aliphatic heterocycles. The molecule has 3 nitrogen and oxygen atoms in total. The molecule has 0 unspecified atom stereocenters. The monoisotopic (exact) mass is 271 g/mol. The predicted octanol–water partition coefficient (Wildman–Crippen LogP) is 2.97. The van der Waals surface area contributed by atoms with Crippen molar-refractivity contribution in [1.29, 1.82) is 0 Å². The average molecular weight is 272 g/mol. The van der Waals surface area contributed by atoms with Crippen LogP contribution < -0.4 is 5.32 Å². The highest BCUT2D eigenvalue weighted by atomic mass is 79.9. The van der Waals surface area contributed by atoms with Crippen molar-refractivity contribution in [3.63, 3.8) is 0 Å². The highest BCUT2D eigenvalue weighted by Gasteiger charge is 2.20. The third-order valence-corrected chi connectivity index (χ3v) is 2.63. The van der Waals surface area contributed by atoms with Gasteiger partial charge in [0.25, 0.3) is 0 Å². The molecule has 0 bridgehead atoms. The van der Waals surface area contributed by atoms with Gasteiger partial charge in [0.1, 0.15) is 6.04 Å². The topological polar surface area (TPSA) is 49.3 Å². The van der Waals surface area contributed by atoms with Crippen LogP contribution in [0.15, 0.2) is 28.7 Å². The van der Waals surface area contributed by atoms with Gasteiger partial charge in [-0.1, -0.05) is 29.8 Å². The summed E-state index contributed by atoms with van der Waals surface area (Å²) < 4.78 is 0.976. The number of aliphatic carboxylic acids is 1. The van der Waals surface area contributed by atoms with Gasteiger partial charge >= 0.3 is 5.97 Å². The first-order valence-electron chi connectivity index (χ1n) is 4.75. The van der Waals surface area contributed by atoms with Crippen molar-refractivity contribution >= 4 is 27.6 Å². The first kappa shape index (κ1) is 12.0. The average Bonchev–Trinajstić information content (AvgIpc) is 2.15. The summed E-state index contributed by atoms with van der Waals surface area (Å²) in [5.41, 5.74) is 0.819. The van der Waals surface area contributed by atoms with E-state index in [-0.39, 0.29) is 5.92 Å². The molecule has 0 aromatic heterocycles. The van der Waals surface area contributed by atoms with Crippen LogP contribution in [0.2, 0.25) is 0 Å². The van der Waals surface area contributed by atoms with Crippen LogP contribution >= 0.6 is 15.9 Å². The number of carbonyl (C=O) groups is 1. The molecule has 1 rings (SSSR count). The van der Waals surface area contributed by atoms with Gasteiger partial charge in [-0.25, -0.2) is 4.79 Å². The Balaban J connectivity index is 2.74. The molecule has 1 aromatic rings. The van der Waals surface area contributed by atoms with Crippen molar-refractivity contribution < 1.29 is 9.90 Å². The number of nitrogens with one attached hydrogen (secondary N) is 1. The number of carboxylic acids is 1. The number of carboxylic acid groups (broad SMARTS) is 1. The lowest BCUT2D eigenvalue weighted by Gasteiger charge is -2.19. The summed E-state index contributed by atoms with van der Waals surface area (Å²) in [6.07, 6.45) is 0. The maximum atomic E-state index is 10.9. The SMILES string of the molecule is CC(C)[C@H](Nc1ccc(Br)cc1)C(=O)O. The van der Waals surface area contributed by atoms with E-state index in [1.165, 1.54) is 0 Å². The van der Waals surface area contributed by atoms with E-state index < -0.39 is 12.0 Å². The fraction of sp³-hybridized carbons (Fsp3) is 0.364. The number of hydrogen-bond donors (Lipinski definition) is 2. The number of hydrogen-bond acceptors (Lipinski definition) is 2. The Kier molecular flexibility index (Phi) is 4.15. The Morgan fingerprint density at radius 2 is 1.87 bits per heavy atom. The smallest absolute Gasteiger partial charge is 0.326 e. The van der Waals surface area contributed by atoms with Crippen LogP contribution in [0.1, 0.15) is 13.8 Å². The molecule has 82 valence electrons. The van der Waals surface area contributed by atoms with Crippen molar-refractivity contribution in [1.82, 2.24) is 0 Å². The molecule has 0 spiro atoms. The zero-order valence-corrected chi connectivity index (χ0v) is 10.3. The highest BCUT2D eigenvalue weighted by molar-refractivity contribution is 9.10. The molecule has 0 amide bonds. The lowest BCUT2D eigenvalue weighted by atomic mass is 10.0. The maximum Gasteiger partial charge on any atom is 0.326 e. The molecule has 0 saturated carbocycles. The summed E-state index contributed by atoms with van der Waals surface area (Å²) in [5, 5.41) is 12.0. The van der Waals surface area contributed by atoms with Crippen LogP contribution in [0, 0.1) is 5.92 Å². The van der Waals surface area contributed by atoms with Crippen LogP contribution in [-0.2, 0) is 4.79 Å². The summed E-state index contributed by atoms with van der Waals surface area (Å²) >= 11 is 3.33. The summed E-state index contributed by atoms with van der Waals surface area (Å²) in [5.74, 6) is -0.779. The van der Waals surface area contributed by atoms with Gasteiger partial charge in [0.2, 0.25) is 0 Å². The molecule has 0 aliphatic carbocycles. The molecule has 4 heteroatoms. The van der Waals surface area contributed by atoms with E-state index in [1.807, 2.05) is 38.1 Å². The van der Waals surface area contributed by atoms with Gasteiger partial charge in [-0.05, 0) is 30.2 Å². The van der Waals surface area contributed by atoms with Crippen LogP contribution in [0.25, 0.3) is 0 Å². The molecule has 0 saturated heterocycles. The third-order valence-electron chi connectivity index (χ3n) is 2.10. The lowest BCUT2D eigenvalue weighted by molar-refractivity contribution is -0.138. The highest BCUT2D eigenvalue weighted by Crippen LogP contribution is 2.16. The van der Waals surface area contributed by atoms with Gasteiger partial charge in [0.15, 0.2) is 0 Å². The lowest BCUT2D eigenvalue weighted by Crippen LogP contribution is -2.34. The Labute approximate surface area is 97.6 Å². The number of rotatable bonds is 4. The van der Waals surface area contributed by atoms with Crippen LogP contribution in [0.5, 0.6) is 0 Å². The van der Waals surface area contributed by atoms with Gasteiger partial charge in [-0.2, -0.15) is 0 Å². The molecular formula is C11H14BrNO2. The van der Waals surface area contributed by atoms with Gasteiger partial charge in [0, 0.05) is 10.2 Å². The largest absolute Gasteiger partial charge is 0.480 e. The quantitative estimate of drug-likeness (QED) is 0.885. The Hall–Kier alpha value is -1.03. The minimum Gasteiger partial charge on any atom is -0.480 e. The van der Waals surface area contributed by atoms with E-state index in [1.54, 1.807) is 0 Å². The molecular weight excluding hydrogens is 258 g/mol. The minimum absolute atomic E-state index is 0.0474. The van der Waals surface area contributed by atoms with Crippen molar-refractivity contribution in [2.24, 2.45) is 5.92 Å². The van der Waals surface area contributed by atoms with E-state index in [2.05, 4.69) is 21.2 Å². The van der Waals surface area contributed by atoms with Crippen molar-refractivity contribution in [2.75, 3.05) is 5.32 Å². The molecule has 0 aliphatic rings. The molecule has 0 fully saturated rings. The summed E-state index contributed by atoms with van der Waals surface area (Å²) in [4.78, 5) is 10.9. The van der Waals surface area contributed by atoms with E-state index >= 15 is 0 Å². The minimum atomic E-state index is -0.826. The Bertz CT molecular complexity index is 335. The van der Waals surface area contributed by atoms with E-state index in [0.29, 0.717) is 0 Å². The number of benzene rings is 1. The molecule has 0 heterocycles. The van der Waals surface area contributed by atoms with Crippen LogP contribution in [0.3, 0.4) is 0 Å². The number of anilines is 1. The fourth-order valence-electron chi connectivity index (χ4n) is 1.24. The van der Waals surface area contributed by atoms with Crippen LogP contribution in [-0.4, -0.2) is 17.1 Å². The molecule has 2 N–H and O–H groups in total. The summed E-state index contributed by atoms with van der Waals surface area (Å²) in [6, 6.07) is 6.90. The second-order valence-electron chi connectivity index (χ2n) is 3.71. The standard InChI is InChI=1S/C11H14BrNO2/c1-7(2)10(11(14)15)13-9-5-3-8(12)4-6-9/h3-7,10,13H,1-2H3,(H,14,15)/t10-/m0/s1. The normalized spacial score (nSPS) is 12.5. The second-order valence-corrected chi connectivity index (χ2v) is 4.63. The molecule has 15 heavy (non-hydrogen) atoms. The van der Waals surface area contributed by atoms with Gasteiger partial charge in [-0.15, -0.1) is 0 Å². The van der Waals surface area contributed by atoms with Crippen molar-refractivity contribution in [3.05, 3.63) is 28.7 Å². The Morgan fingerprint density at radius 1 is 1.33 bits per heavy atom. The maximum absolute atomic E-state index is 10.9. The molecule has 0 radical (unpaired) electrons. The summed E-state index contributed by atoms with van der Waals surface area (Å²) in [7, 11) is 0. The Morgan fingerprint density at radius 3 is 2.27 bits per heavy atom. The van der Waals surface area contributed by atoms with Crippen LogP contribution in [0.4, 0.5) is 5.69 Å². The third kappa shape index (κ3) is 3.55. The first-order valence-corrected chi connectivity index (χ1v) is 5.55. The first-order chi connectivity index (χ1) is 7.00. The number of halogens is 1. The predicted molar refractivity (Wildman–Crippen MR) is 64.0 cm³/mol. The van der Waals surface area contributed by atoms with Crippen molar-refractivity contribution in [3.8, 4) is 0 Å². The van der Waals surface area contributed by atoms with E-state index in [9.17, 15) is 4.79 Å². The second kappa shape index (κ2) is 5.16. The van der Waals surface area contributed by atoms with Gasteiger partial charge in [-0.3, -0.25) is 0 Å². The van der Waals surface area contributed by atoms with E-state index in [4.69, 9.17) is 5.11 Å². The zero-order chi connectivity index (χ0) is 11.4.